The predicted octanol–water partition coefficient (Wildman–Crippen LogP) is 2.35. The van der Waals surface area contributed by atoms with Gasteiger partial charge in [0, 0.05) is 12.6 Å². The molecule has 0 saturated carbocycles. The zero-order valence-corrected chi connectivity index (χ0v) is 13.1. The molecule has 1 aromatic rings. The van der Waals surface area contributed by atoms with E-state index in [2.05, 4.69) is 31.3 Å². The van der Waals surface area contributed by atoms with Gasteiger partial charge in [0.15, 0.2) is 6.10 Å². The summed E-state index contributed by atoms with van der Waals surface area (Å²) in [4.78, 5) is 12.0. The minimum Gasteiger partial charge on any atom is -0.481 e. The Morgan fingerprint density at radius 3 is 2.50 bits per heavy atom. The van der Waals surface area contributed by atoms with Crippen molar-refractivity contribution in [3.63, 3.8) is 0 Å². The number of hydrogen-bond acceptors (Lipinski definition) is 3. The zero-order valence-electron chi connectivity index (χ0n) is 13.1. The summed E-state index contributed by atoms with van der Waals surface area (Å²) in [5.41, 5.74) is 7.73. The molecule has 0 aliphatic rings. The molecule has 0 heterocycles. The van der Waals surface area contributed by atoms with Crippen LogP contribution < -0.4 is 15.8 Å². The molecule has 1 rings (SSSR count). The summed E-state index contributed by atoms with van der Waals surface area (Å²) in [6.07, 6.45) is -0.539. The van der Waals surface area contributed by atoms with E-state index in [0.717, 1.165) is 16.9 Å². The van der Waals surface area contributed by atoms with Gasteiger partial charge in [0.05, 0.1) is 0 Å². The number of nitrogens with one attached hydrogen (secondary N) is 1. The Bertz CT molecular complexity index is 458. The topological polar surface area (TPSA) is 64.3 Å². The maximum absolute atomic E-state index is 12.0. The van der Waals surface area contributed by atoms with E-state index in [9.17, 15) is 4.79 Å². The number of carbonyl (C=O) groups excluding carboxylic acids is 1. The van der Waals surface area contributed by atoms with Crippen LogP contribution in [-0.4, -0.2) is 24.6 Å². The molecule has 112 valence electrons. The first-order valence-electron chi connectivity index (χ1n) is 7.12. The lowest BCUT2D eigenvalue weighted by Crippen LogP contribution is -2.44. The Kier molecular flexibility index (Phi) is 6.02. The van der Waals surface area contributed by atoms with E-state index in [0.29, 0.717) is 12.5 Å². The highest BCUT2D eigenvalue weighted by Crippen LogP contribution is 2.28. The van der Waals surface area contributed by atoms with Gasteiger partial charge < -0.3 is 15.8 Å². The van der Waals surface area contributed by atoms with Crippen LogP contribution in [0.5, 0.6) is 5.75 Å². The average Bonchev–Trinajstić information content (AvgIpc) is 2.38. The zero-order chi connectivity index (χ0) is 15.3. The van der Waals surface area contributed by atoms with Crippen molar-refractivity contribution in [2.45, 2.75) is 52.7 Å². The van der Waals surface area contributed by atoms with E-state index < -0.39 is 6.10 Å². The van der Waals surface area contributed by atoms with Crippen LogP contribution in [0.3, 0.4) is 0 Å². The number of aryl methyl sites for hydroxylation is 1. The lowest BCUT2D eigenvalue weighted by Gasteiger charge is -2.20. The van der Waals surface area contributed by atoms with Gasteiger partial charge in [-0.15, -0.1) is 0 Å². The minimum atomic E-state index is -0.539. The smallest absolute Gasteiger partial charge is 0.261 e. The first-order chi connectivity index (χ1) is 9.35. The van der Waals surface area contributed by atoms with Crippen LogP contribution in [-0.2, 0) is 4.79 Å². The molecule has 4 heteroatoms. The molecule has 4 nitrogen and oxygen atoms in total. The molecular formula is C16H26N2O2. The van der Waals surface area contributed by atoms with Crippen LogP contribution in [0.4, 0.5) is 0 Å². The maximum Gasteiger partial charge on any atom is 0.261 e. The van der Waals surface area contributed by atoms with Crippen molar-refractivity contribution in [1.82, 2.24) is 5.32 Å². The molecule has 3 N–H and O–H groups in total. The number of carbonyl (C=O) groups is 1. The summed E-state index contributed by atoms with van der Waals surface area (Å²) >= 11 is 0. The van der Waals surface area contributed by atoms with Crippen LogP contribution in [0.1, 0.15) is 44.7 Å². The SMILES string of the molecule is Cc1ccc(C(C)C)c(OC(C)C(=O)N[C@@H](C)CN)c1. The molecule has 1 amide bonds. The molecule has 0 spiro atoms. The molecule has 0 bridgehead atoms. The van der Waals surface area contributed by atoms with Crippen molar-refractivity contribution < 1.29 is 9.53 Å². The molecule has 1 unspecified atom stereocenters. The number of amides is 1. The predicted molar refractivity (Wildman–Crippen MR) is 82.0 cm³/mol. The van der Waals surface area contributed by atoms with Crippen molar-refractivity contribution >= 4 is 5.91 Å². The Hall–Kier alpha value is -1.55. The summed E-state index contributed by atoms with van der Waals surface area (Å²) in [7, 11) is 0. The molecule has 20 heavy (non-hydrogen) atoms. The van der Waals surface area contributed by atoms with Crippen molar-refractivity contribution in [3.05, 3.63) is 29.3 Å². The second-order valence-electron chi connectivity index (χ2n) is 5.60. The summed E-state index contributed by atoms with van der Waals surface area (Å²) in [6, 6.07) is 6.05. The maximum atomic E-state index is 12.0. The Labute approximate surface area is 121 Å². The quantitative estimate of drug-likeness (QED) is 0.839. The van der Waals surface area contributed by atoms with E-state index in [4.69, 9.17) is 10.5 Å². The number of nitrogens with two attached hydrogens (primary N) is 1. The highest BCUT2D eigenvalue weighted by Gasteiger charge is 2.18. The molecule has 0 aliphatic heterocycles. The van der Waals surface area contributed by atoms with Crippen LogP contribution in [0, 0.1) is 6.92 Å². The largest absolute Gasteiger partial charge is 0.481 e. The van der Waals surface area contributed by atoms with Crippen molar-refractivity contribution in [3.8, 4) is 5.75 Å². The Balaban J connectivity index is 2.81. The van der Waals surface area contributed by atoms with Gasteiger partial charge >= 0.3 is 0 Å². The summed E-state index contributed by atoms with van der Waals surface area (Å²) < 4.78 is 5.84. The first kappa shape index (κ1) is 16.5. The van der Waals surface area contributed by atoms with Crippen LogP contribution in [0.25, 0.3) is 0 Å². The molecule has 0 aromatic heterocycles. The van der Waals surface area contributed by atoms with Gasteiger partial charge in [0.25, 0.3) is 5.91 Å². The van der Waals surface area contributed by atoms with Crippen molar-refractivity contribution in [2.24, 2.45) is 5.73 Å². The van der Waals surface area contributed by atoms with Gasteiger partial charge in [0.2, 0.25) is 0 Å². The average molecular weight is 278 g/mol. The van der Waals surface area contributed by atoms with Gasteiger partial charge in [-0.1, -0.05) is 26.0 Å². The van der Waals surface area contributed by atoms with E-state index in [-0.39, 0.29) is 11.9 Å². The number of rotatable bonds is 6. The van der Waals surface area contributed by atoms with Crippen LogP contribution in [0.15, 0.2) is 18.2 Å². The molecule has 1 aromatic carbocycles. The van der Waals surface area contributed by atoms with Gasteiger partial charge in [-0.25, -0.2) is 0 Å². The lowest BCUT2D eigenvalue weighted by molar-refractivity contribution is -0.127. The van der Waals surface area contributed by atoms with E-state index in [1.165, 1.54) is 0 Å². The van der Waals surface area contributed by atoms with Crippen molar-refractivity contribution in [1.29, 1.82) is 0 Å². The van der Waals surface area contributed by atoms with Gasteiger partial charge in [-0.3, -0.25) is 4.79 Å². The fourth-order valence-corrected chi connectivity index (χ4v) is 1.88. The number of hydrogen-bond donors (Lipinski definition) is 2. The molecular weight excluding hydrogens is 252 g/mol. The molecule has 0 saturated heterocycles. The molecule has 0 aliphatic carbocycles. The van der Waals surface area contributed by atoms with Gasteiger partial charge in [-0.05, 0) is 43.9 Å². The second kappa shape index (κ2) is 7.29. The second-order valence-corrected chi connectivity index (χ2v) is 5.60. The minimum absolute atomic E-state index is 0.0457. The summed E-state index contributed by atoms with van der Waals surface area (Å²) in [6.45, 7) is 10.3. The lowest BCUT2D eigenvalue weighted by atomic mass is 10.0. The third-order valence-electron chi connectivity index (χ3n) is 3.21. The first-order valence-corrected chi connectivity index (χ1v) is 7.12. The molecule has 0 radical (unpaired) electrons. The Morgan fingerprint density at radius 2 is 1.95 bits per heavy atom. The highest BCUT2D eigenvalue weighted by molar-refractivity contribution is 5.81. The molecule has 0 fully saturated rings. The van der Waals surface area contributed by atoms with Crippen molar-refractivity contribution in [2.75, 3.05) is 6.54 Å². The number of ether oxygens (including phenoxy) is 1. The Morgan fingerprint density at radius 1 is 1.30 bits per heavy atom. The van der Waals surface area contributed by atoms with E-state index >= 15 is 0 Å². The summed E-state index contributed by atoms with van der Waals surface area (Å²) in [5.74, 6) is 0.992. The summed E-state index contributed by atoms with van der Waals surface area (Å²) in [5, 5.41) is 2.82. The monoisotopic (exact) mass is 278 g/mol. The van der Waals surface area contributed by atoms with E-state index in [1.807, 2.05) is 19.9 Å². The van der Waals surface area contributed by atoms with Crippen LogP contribution >= 0.6 is 0 Å². The normalized spacial score (nSPS) is 13.9. The number of benzene rings is 1. The fourth-order valence-electron chi connectivity index (χ4n) is 1.88. The highest BCUT2D eigenvalue weighted by atomic mass is 16.5. The van der Waals surface area contributed by atoms with E-state index in [1.54, 1.807) is 6.92 Å². The third kappa shape index (κ3) is 4.53. The molecule has 2 atom stereocenters. The third-order valence-corrected chi connectivity index (χ3v) is 3.21. The van der Waals surface area contributed by atoms with Gasteiger partial charge in [0.1, 0.15) is 5.75 Å². The standard InChI is InChI=1S/C16H26N2O2/c1-10(2)14-7-6-11(3)8-15(14)20-13(5)16(19)18-12(4)9-17/h6-8,10,12-13H,9,17H2,1-5H3,(H,18,19)/t12-,13?/m0/s1. The fraction of sp³-hybridized carbons (Fsp3) is 0.562. The van der Waals surface area contributed by atoms with Crippen LogP contribution in [0.2, 0.25) is 0 Å². The van der Waals surface area contributed by atoms with Gasteiger partial charge in [-0.2, -0.15) is 0 Å².